The highest BCUT2D eigenvalue weighted by Gasteiger charge is 2.58. The monoisotopic (exact) mass is 380 g/mol. The minimum Gasteiger partial charge on any atom is -0.378 e. The fourth-order valence-corrected chi connectivity index (χ4v) is 4.56. The van der Waals surface area contributed by atoms with Gasteiger partial charge in [-0.3, -0.25) is 9.79 Å². The zero-order valence-corrected chi connectivity index (χ0v) is 17.6. The first-order chi connectivity index (χ1) is 12.8. The van der Waals surface area contributed by atoms with Crippen molar-refractivity contribution in [3.8, 4) is 0 Å². The molecule has 7 heteroatoms. The fraction of sp³-hybridized carbons (Fsp3) is 0.900. The highest BCUT2D eigenvalue weighted by Crippen LogP contribution is 2.51. The molecule has 2 aliphatic heterocycles. The molecular weight excluding hydrogens is 344 g/mol. The van der Waals surface area contributed by atoms with Gasteiger partial charge in [0.1, 0.15) is 0 Å². The second-order valence-electron chi connectivity index (χ2n) is 8.80. The van der Waals surface area contributed by atoms with Gasteiger partial charge in [-0.15, -0.1) is 0 Å². The lowest BCUT2D eigenvalue weighted by molar-refractivity contribution is -0.177. The summed E-state index contributed by atoms with van der Waals surface area (Å²) in [5.74, 6) is 1.38. The first-order valence-corrected chi connectivity index (χ1v) is 10.2. The van der Waals surface area contributed by atoms with Gasteiger partial charge in [-0.25, -0.2) is 0 Å². The number of methoxy groups -OCH3 is 1. The average molecular weight is 381 g/mol. The minimum absolute atomic E-state index is 0.0440. The predicted molar refractivity (Wildman–Crippen MR) is 106 cm³/mol. The van der Waals surface area contributed by atoms with Crippen LogP contribution in [0.3, 0.4) is 0 Å². The highest BCUT2D eigenvalue weighted by molar-refractivity contribution is 5.82. The molecule has 2 heterocycles. The zero-order valence-electron chi connectivity index (χ0n) is 17.6. The standard InChI is InChI=1S/C20H36N4O3/c1-19(2)16(14-20(19,3)26-5)22-18(21-4)24-8-6-15(7-9-24)17(25)23-10-12-27-13-11-23/h15-16H,6-14H2,1-5H3,(H,21,22). The number of carbonyl (C=O) groups excluding carboxylic acids is 1. The van der Waals surface area contributed by atoms with Crippen molar-refractivity contribution in [1.29, 1.82) is 0 Å². The quantitative estimate of drug-likeness (QED) is 0.591. The van der Waals surface area contributed by atoms with E-state index in [2.05, 4.69) is 36.0 Å². The SMILES string of the molecule is CN=C(NC1CC(C)(OC)C1(C)C)N1CCC(C(=O)N2CCOCC2)CC1. The molecule has 1 amide bonds. The van der Waals surface area contributed by atoms with Crippen LogP contribution in [0.5, 0.6) is 0 Å². The van der Waals surface area contributed by atoms with E-state index in [0.717, 1.165) is 51.4 Å². The summed E-state index contributed by atoms with van der Waals surface area (Å²) in [6.07, 6.45) is 2.75. The number of nitrogens with zero attached hydrogens (tertiary/aromatic N) is 3. The van der Waals surface area contributed by atoms with Crippen LogP contribution in [-0.4, -0.2) is 86.9 Å². The third kappa shape index (κ3) is 3.81. The maximum absolute atomic E-state index is 12.7. The molecule has 1 saturated carbocycles. The van der Waals surface area contributed by atoms with Crippen molar-refractivity contribution >= 4 is 11.9 Å². The van der Waals surface area contributed by atoms with Crippen molar-refractivity contribution in [2.24, 2.45) is 16.3 Å². The molecule has 27 heavy (non-hydrogen) atoms. The van der Waals surface area contributed by atoms with Crippen LogP contribution in [0.25, 0.3) is 0 Å². The minimum atomic E-state index is -0.0961. The van der Waals surface area contributed by atoms with E-state index < -0.39 is 0 Å². The number of morpholine rings is 1. The Morgan fingerprint density at radius 2 is 1.74 bits per heavy atom. The number of nitrogens with one attached hydrogen (secondary N) is 1. The summed E-state index contributed by atoms with van der Waals surface area (Å²) in [6.45, 7) is 11.2. The van der Waals surface area contributed by atoms with Crippen molar-refractivity contribution in [1.82, 2.24) is 15.1 Å². The molecule has 0 bridgehead atoms. The summed E-state index contributed by atoms with van der Waals surface area (Å²) >= 11 is 0. The van der Waals surface area contributed by atoms with E-state index in [4.69, 9.17) is 9.47 Å². The van der Waals surface area contributed by atoms with E-state index in [9.17, 15) is 4.79 Å². The van der Waals surface area contributed by atoms with Gasteiger partial charge in [0.25, 0.3) is 0 Å². The smallest absolute Gasteiger partial charge is 0.225 e. The lowest BCUT2D eigenvalue weighted by Gasteiger charge is -2.59. The van der Waals surface area contributed by atoms with Gasteiger partial charge in [0.2, 0.25) is 5.91 Å². The van der Waals surface area contributed by atoms with Crippen molar-refractivity contribution in [2.75, 3.05) is 53.6 Å². The molecule has 2 atom stereocenters. The summed E-state index contributed by atoms with van der Waals surface area (Å²) in [7, 11) is 3.64. The van der Waals surface area contributed by atoms with Crippen molar-refractivity contribution in [2.45, 2.75) is 51.7 Å². The molecule has 7 nitrogen and oxygen atoms in total. The number of carbonyl (C=O) groups is 1. The Balaban J connectivity index is 1.51. The molecule has 1 aliphatic carbocycles. The number of ether oxygens (including phenoxy) is 2. The first-order valence-electron chi connectivity index (χ1n) is 10.2. The van der Waals surface area contributed by atoms with Crippen molar-refractivity contribution < 1.29 is 14.3 Å². The Hall–Kier alpha value is -1.34. The molecule has 0 aromatic carbocycles. The van der Waals surface area contributed by atoms with Crippen LogP contribution < -0.4 is 5.32 Å². The average Bonchev–Trinajstić information content (AvgIpc) is 2.71. The molecule has 1 N–H and O–H groups in total. The van der Waals surface area contributed by atoms with E-state index in [1.54, 1.807) is 7.11 Å². The van der Waals surface area contributed by atoms with Crippen LogP contribution >= 0.6 is 0 Å². The largest absolute Gasteiger partial charge is 0.378 e. The van der Waals surface area contributed by atoms with Crippen LogP contribution in [0.15, 0.2) is 4.99 Å². The summed E-state index contributed by atoms with van der Waals surface area (Å²) in [6, 6.07) is 0.342. The highest BCUT2D eigenvalue weighted by atomic mass is 16.5. The van der Waals surface area contributed by atoms with E-state index in [1.807, 2.05) is 11.9 Å². The molecule has 0 radical (unpaired) electrons. The summed E-state index contributed by atoms with van der Waals surface area (Å²) in [4.78, 5) is 21.5. The number of aliphatic imine (C=N–C) groups is 1. The van der Waals surface area contributed by atoms with Crippen LogP contribution in [0, 0.1) is 11.3 Å². The van der Waals surface area contributed by atoms with Gasteiger partial charge in [0.15, 0.2) is 5.96 Å². The second-order valence-corrected chi connectivity index (χ2v) is 8.80. The molecule has 154 valence electrons. The van der Waals surface area contributed by atoms with Gasteiger partial charge < -0.3 is 24.6 Å². The Morgan fingerprint density at radius 3 is 2.26 bits per heavy atom. The van der Waals surface area contributed by atoms with E-state index in [1.165, 1.54) is 0 Å². The lowest BCUT2D eigenvalue weighted by atomic mass is 9.56. The molecule has 0 aromatic rings. The van der Waals surface area contributed by atoms with E-state index in [-0.39, 0.29) is 16.9 Å². The van der Waals surface area contributed by atoms with E-state index >= 15 is 0 Å². The number of rotatable bonds is 3. The zero-order chi connectivity index (χ0) is 19.7. The summed E-state index contributed by atoms with van der Waals surface area (Å²) in [5.41, 5.74) is -0.0522. The Morgan fingerprint density at radius 1 is 1.11 bits per heavy atom. The van der Waals surface area contributed by atoms with Gasteiger partial charge >= 0.3 is 0 Å². The number of amides is 1. The fourth-order valence-electron chi connectivity index (χ4n) is 4.56. The molecule has 3 rings (SSSR count). The Bertz CT molecular complexity index is 566. The normalized spacial score (nSPS) is 32.2. The van der Waals surface area contributed by atoms with Gasteiger partial charge in [-0.2, -0.15) is 0 Å². The van der Waals surface area contributed by atoms with Crippen LogP contribution in [0.2, 0.25) is 0 Å². The predicted octanol–water partition coefficient (Wildman–Crippen LogP) is 1.34. The van der Waals surface area contributed by atoms with Crippen LogP contribution in [-0.2, 0) is 14.3 Å². The lowest BCUT2D eigenvalue weighted by Crippen LogP contribution is -2.69. The maximum atomic E-state index is 12.7. The molecule has 2 saturated heterocycles. The third-order valence-corrected chi connectivity index (χ3v) is 7.26. The Kier molecular flexibility index (Phi) is 6.01. The molecule has 0 spiro atoms. The first kappa shape index (κ1) is 20.4. The van der Waals surface area contributed by atoms with Crippen molar-refractivity contribution in [3.05, 3.63) is 0 Å². The molecule has 2 unspecified atom stereocenters. The van der Waals surface area contributed by atoms with Gasteiger partial charge in [0.05, 0.1) is 18.8 Å². The van der Waals surface area contributed by atoms with E-state index in [0.29, 0.717) is 25.2 Å². The Labute approximate surface area is 163 Å². The third-order valence-electron chi connectivity index (χ3n) is 7.26. The topological polar surface area (TPSA) is 66.4 Å². The second kappa shape index (κ2) is 7.95. The maximum Gasteiger partial charge on any atom is 0.225 e. The number of likely N-dealkylation sites (tertiary alicyclic amines) is 1. The molecule has 0 aromatic heterocycles. The molecule has 3 aliphatic rings. The van der Waals surface area contributed by atoms with Crippen LogP contribution in [0.1, 0.15) is 40.0 Å². The summed E-state index contributed by atoms with van der Waals surface area (Å²) in [5, 5.41) is 3.64. The number of hydrogen-bond donors (Lipinski definition) is 1. The van der Waals surface area contributed by atoms with Crippen LogP contribution in [0.4, 0.5) is 0 Å². The summed E-state index contributed by atoms with van der Waals surface area (Å²) < 4.78 is 11.1. The van der Waals surface area contributed by atoms with Gasteiger partial charge in [-0.1, -0.05) is 13.8 Å². The number of guanidine groups is 1. The van der Waals surface area contributed by atoms with Crippen molar-refractivity contribution in [3.63, 3.8) is 0 Å². The van der Waals surface area contributed by atoms with Gasteiger partial charge in [-0.05, 0) is 26.2 Å². The molecular formula is C20H36N4O3. The molecule has 3 fully saturated rings. The number of hydrogen-bond acceptors (Lipinski definition) is 4. The number of piperidine rings is 1. The van der Waals surface area contributed by atoms with Gasteiger partial charge in [0, 0.05) is 57.7 Å².